The quantitative estimate of drug-likeness (QED) is 0.879. The molecule has 0 unspecified atom stereocenters. The lowest BCUT2D eigenvalue weighted by atomic mass is 10.6. The molecule has 2 aromatic rings. The van der Waals surface area contributed by atoms with Gasteiger partial charge in [-0.25, -0.2) is 9.97 Å². The SMILES string of the molecule is Cc1cnc(CNc2nc(Cl)cs2)o1. The zero-order valence-electron chi connectivity index (χ0n) is 7.45. The van der Waals surface area contributed by atoms with Gasteiger partial charge in [-0.15, -0.1) is 11.3 Å². The Hall–Kier alpha value is -1.07. The number of hydrogen-bond acceptors (Lipinski definition) is 5. The van der Waals surface area contributed by atoms with Crippen LogP contribution in [0.25, 0.3) is 0 Å². The van der Waals surface area contributed by atoms with Gasteiger partial charge in [-0.2, -0.15) is 0 Å². The summed E-state index contributed by atoms with van der Waals surface area (Å²) in [5.74, 6) is 1.45. The largest absolute Gasteiger partial charge is 0.444 e. The lowest BCUT2D eigenvalue weighted by Crippen LogP contribution is -1.98. The van der Waals surface area contributed by atoms with Crippen molar-refractivity contribution in [3.63, 3.8) is 0 Å². The number of rotatable bonds is 3. The molecule has 2 aromatic heterocycles. The van der Waals surface area contributed by atoms with Gasteiger partial charge in [-0.1, -0.05) is 11.6 Å². The van der Waals surface area contributed by atoms with E-state index in [9.17, 15) is 0 Å². The molecule has 0 aliphatic rings. The predicted octanol–water partition coefficient (Wildman–Crippen LogP) is 2.71. The van der Waals surface area contributed by atoms with Gasteiger partial charge in [0.05, 0.1) is 12.7 Å². The van der Waals surface area contributed by atoms with Crippen LogP contribution in [0.15, 0.2) is 16.0 Å². The number of aromatic nitrogens is 2. The first-order chi connectivity index (χ1) is 6.74. The van der Waals surface area contributed by atoms with Gasteiger partial charge in [0.25, 0.3) is 0 Å². The third-order valence-corrected chi connectivity index (χ3v) is 2.66. The molecule has 4 nitrogen and oxygen atoms in total. The summed E-state index contributed by atoms with van der Waals surface area (Å²) in [5.41, 5.74) is 0. The maximum Gasteiger partial charge on any atom is 0.213 e. The number of halogens is 1. The zero-order valence-corrected chi connectivity index (χ0v) is 9.02. The number of aryl methyl sites for hydroxylation is 1. The highest BCUT2D eigenvalue weighted by Gasteiger charge is 2.02. The Bertz CT molecular complexity index is 385. The van der Waals surface area contributed by atoms with Crippen LogP contribution in [0.2, 0.25) is 5.15 Å². The fourth-order valence-corrected chi connectivity index (χ4v) is 1.81. The average Bonchev–Trinajstić information content (AvgIpc) is 2.72. The maximum atomic E-state index is 5.67. The lowest BCUT2D eigenvalue weighted by Gasteiger charge is -1.96. The number of nitrogens with one attached hydrogen (secondary N) is 1. The van der Waals surface area contributed by atoms with E-state index in [0.717, 1.165) is 10.9 Å². The third kappa shape index (κ3) is 2.24. The van der Waals surface area contributed by atoms with Crippen molar-refractivity contribution in [2.45, 2.75) is 13.5 Å². The minimum Gasteiger partial charge on any atom is -0.444 e. The molecule has 6 heteroatoms. The van der Waals surface area contributed by atoms with Gasteiger partial charge in [-0.3, -0.25) is 0 Å². The molecule has 1 N–H and O–H groups in total. The van der Waals surface area contributed by atoms with Gasteiger partial charge >= 0.3 is 0 Å². The topological polar surface area (TPSA) is 51.0 Å². The zero-order chi connectivity index (χ0) is 9.97. The molecule has 0 amide bonds. The van der Waals surface area contributed by atoms with E-state index >= 15 is 0 Å². The second-order valence-electron chi connectivity index (χ2n) is 2.69. The van der Waals surface area contributed by atoms with Crippen LogP contribution in [0.1, 0.15) is 11.7 Å². The van der Waals surface area contributed by atoms with Crippen molar-refractivity contribution in [1.82, 2.24) is 9.97 Å². The maximum absolute atomic E-state index is 5.67. The Labute approximate surface area is 89.9 Å². The molecular weight excluding hydrogens is 222 g/mol. The second-order valence-corrected chi connectivity index (χ2v) is 3.94. The highest BCUT2D eigenvalue weighted by molar-refractivity contribution is 7.14. The van der Waals surface area contributed by atoms with Crippen molar-refractivity contribution in [2.24, 2.45) is 0 Å². The average molecular weight is 230 g/mol. The fourth-order valence-electron chi connectivity index (χ4n) is 0.970. The highest BCUT2D eigenvalue weighted by atomic mass is 35.5. The molecule has 2 rings (SSSR count). The molecule has 0 aromatic carbocycles. The number of anilines is 1. The smallest absolute Gasteiger partial charge is 0.213 e. The first kappa shape index (κ1) is 9.48. The molecule has 0 bridgehead atoms. The van der Waals surface area contributed by atoms with E-state index in [1.165, 1.54) is 11.3 Å². The normalized spacial score (nSPS) is 10.4. The molecule has 0 atom stereocenters. The number of thiazole rings is 1. The molecule has 0 aliphatic heterocycles. The fraction of sp³-hybridized carbons (Fsp3) is 0.250. The lowest BCUT2D eigenvalue weighted by molar-refractivity contribution is 0.479. The molecule has 0 aliphatic carbocycles. The van der Waals surface area contributed by atoms with Crippen molar-refractivity contribution in [3.05, 3.63) is 28.4 Å². The highest BCUT2D eigenvalue weighted by Crippen LogP contribution is 2.19. The van der Waals surface area contributed by atoms with Crippen LogP contribution in [-0.4, -0.2) is 9.97 Å². The number of hydrogen-bond donors (Lipinski definition) is 1. The van der Waals surface area contributed by atoms with Crippen LogP contribution in [0.3, 0.4) is 0 Å². The van der Waals surface area contributed by atoms with E-state index in [4.69, 9.17) is 16.0 Å². The molecule has 0 spiro atoms. The Kier molecular flexibility index (Phi) is 2.69. The van der Waals surface area contributed by atoms with E-state index in [2.05, 4.69) is 15.3 Å². The van der Waals surface area contributed by atoms with Crippen molar-refractivity contribution in [2.75, 3.05) is 5.32 Å². The standard InChI is InChI=1S/C8H8ClN3OS/c1-5-2-10-7(13-5)3-11-8-12-6(9)4-14-8/h2,4H,3H2,1H3,(H,11,12). The molecule has 0 fully saturated rings. The molecule has 2 heterocycles. The van der Waals surface area contributed by atoms with E-state index in [0.29, 0.717) is 17.6 Å². The van der Waals surface area contributed by atoms with Crippen molar-refractivity contribution in [3.8, 4) is 0 Å². The summed E-state index contributed by atoms with van der Waals surface area (Å²) < 4.78 is 5.28. The number of nitrogens with zero attached hydrogens (tertiary/aromatic N) is 2. The van der Waals surface area contributed by atoms with E-state index in [1.54, 1.807) is 11.6 Å². The molecule has 0 saturated carbocycles. The monoisotopic (exact) mass is 229 g/mol. The van der Waals surface area contributed by atoms with Gasteiger partial charge in [0, 0.05) is 5.38 Å². The Morgan fingerprint density at radius 2 is 2.50 bits per heavy atom. The van der Waals surface area contributed by atoms with Crippen LogP contribution < -0.4 is 5.32 Å². The molecular formula is C8H8ClN3OS. The summed E-state index contributed by atoms with van der Waals surface area (Å²) in [7, 11) is 0. The van der Waals surface area contributed by atoms with E-state index in [-0.39, 0.29) is 0 Å². The summed E-state index contributed by atoms with van der Waals surface area (Å²) >= 11 is 7.12. The number of oxazole rings is 1. The molecule has 0 saturated heterocycles. The van der Waals surface area contributed by atoms with Crippen molar-refractivity contribution in [1.29, 1.82) is 0 Å². The van der Waals surface area contributed by atoms with Crippen molar-refractivity contribution >= 4 is 28.1 Å². The molecule has 0 radical (unpaired) electrons. The first-order valence-corrected chi connectivity index (χ1v) is 5.26. The molecule has 14 heavy (non-hydrogen) atoms. The first-order valence-electron chi connectivity index (χ1n) is 4.00. The van der Waals surface area contributed by atoms with E-state index < -0.39 is 0 Å². The van der Waals surface area contributed by atoms with Gasteiger partial charge < -0.3 is 9.73 Å². The van der Waals surface area contributed by atoms with Crippen LogP contribution in [-0.2, 0) is 6.54 Å². The van der Waals surface area contributed by atoms with Gasteiger partial charge in [0.2, 0.25) is 5.89 Å². The van der Waals surface area contributed by atoms with Crippen molar-refractivity contribution < 1.29 is 4.42 Å². The second kappa shape index (κ2) is 3.98. The van der Waals surface area contributed by atoms with Crippen LogP contribution >= 0.6 is 22.9 Å². The van der Waals surface area contributed by atoms with Crippen LogP contribution in [0.5, 0.6) is 0 Å². The Balaban J connectivity index is 1.94. The summed E-state index contributed by atoms with van der Waals surface area (Å²) in [6.07, 6.45) is 1.69. The van der Waals surface area contributed by atoms with Gasteiger partial charge in [0.15, 0.2) is 5.13 Å². The minimum absolute atomic E-state index is 0.501. The van der Waals surface area contributed by atoms with Gasteiger partial charge in [-0.05, 0) is 6.92 Å². The van der Waals surface area contributed by atoms with Gasteiger partial charge in [0.1, 0.15) is 10.9 Å². The van der Waals surface area contributed by atoms with Crippen LogP contribution in [0, 0.1) is 6.92 Å². The Morgan fingerprint density at radius 3 is 3.07 bits per heavy atom. The minimum atomic E-state index is 0.501. The Morgan fingerprint density at radius 1 is 1.64 bits per heavy atom. The summed E-state index contributed by atoms with van der Waals surface area (Å²) in [6.45, 7) is 2.38. The molecule has 74 valence electrons. The van der Waals surface area contributed by atoms with Crippen LogP contribution in [0.4, 0.5) is 5.13 Å². The summed E-state index contributed by atoms with van der Waals surface area (Å²) in [4.78, 5) is 8.09. The van der Waals surface area contributed by atoms with E-state index in [1.807, 2.05) is 6.92 Å². The predicted molar refractivity (Wildman–Crippen MR) is 55.7 cm³/mol. The summed E-state index contributed by atoms with van der Waals surface area (Å²) in [5, 5.41) is 6.10. The third-order valence-electron chi connectivity index (χ3n) is 1.54. The summed E-state index contributed by atoms with van der Waals surface area (Å²) in [6, 6.07) is 0.